The molecular formula is C37H41N7O. The molecule has 3 aromatic heterocycles. The minimum Gasteiger partial charge on any atom is -0.361 e. The first-order valence-electron chi connectivity index (χ1n) is 15.1. The number of amides is 1. The second-order valence-corrected chi connectivity index (χ2v) is 10.6. The molecule has 0 aliphatic heterocycles. The third-order valence-corrected chi connectivity index (χ3v) is 7.41. The molecule has 3 heterocycles. The number of nitrogens with one attached hydrogen (secondary N) is 5. The van der Waals surface area contributed by atoms with Crippen molar-refractivity contribution in [2.45, 2.75) is 40.0 Å². The van der Waals surface area contributed by atoms with E-state index in [0.717, 1.165) is 34.3 Å². The topological polar surface area (TPSA) is 125 Å². The van der Waals surface area contributed by atoms with Gasteiger partial charge in [0.2, 0.25) is 6.41 Å². The van der Waals surface area contributed by atoms with E-state index in [9.17, 15) is 4.79 Å². The summed E-state index contributed by atoms with van der Waals surface area (Å²) in [5, 5.41) is 22.0. The highest BCUT2D eigenvalue weighted by atomic mass is 16.1. The third kappa shape index (κ3) is 9.00. The first-order chi connectivity index (χ1) is 21.9. The quantitative estimate of drug-likeness (QED) is 0.0698. The van der Waals surface area contributed by atoms with Gasteiger partial charge in [-0.15, -0.1) is 0 Å². The largest absolute Gasteiger partial charge is 0.361 e. The van der Waals surface area contributed by atoms with Gasteiger partial charge in [-0.2, -0.15) is 0 Å². The average molecular weight is 600 g/mol. The molecule has 0 aliphatic carbocycles. The molecule has 0 unspecified atom stereocenters. The van der Waals surface area contributed by atoms with E-state index in [1.54, 1.807) is 11.1 Å². The van der Waals surface area contributed by atoms with Crippen molar-refractivity contribution < 1.29 is 4.79 Å². The minimum atomic E-state index is 0.0779. The highest BCUT2D eigenvalue weighted by molar-refractivity contribution is 6.17. The van der Waals surface area contributed by atoms with E-state index in [0.29, 0.717) is 25.1 Å². The lowest BCUT2D eigenvalue weighted by Crippen LogP contribution is -2.41. The number of H-pyrrole nitrogens is 2. The van der Waals surface area contributed by atoms with Gasteiger partial charge in [-0.3, -0.25) is 25.5 Å². The fraction of sp³-hybridized carbons (Fsp3) is 0.189. The van der Waals surface area contributed by atoms with Crippen LogP contribution in [0.4, 0.5) is 5.69 Å². The van der Waals surface area contributed by atoms with Crippen LogP contribution in [-0.2, 0) is 17.6 Å². The first kappa shape index (κ1) is 32.4. The molecule has 0 bridgehead atoms. The van der Waals surface area contributed by atoms with Crippen molar-refractivity contribution in [3.8, 4) is 0 Å². The molecule has 3 aromatic carbocycles. The molecule has 0 radical (unpaired) electrons. The number of anilines is 1. The van der Waals surface area contributed by atoms with E-state index >= 15 is 0 Å². The van der Waals surface area contributed by atoms with Crippen molar-refractivity contribution in [3.63, 3.8) is 0 Å². The Bertz CT molecular complexity index is 1820. The number of nitrogens with zero attached hydrogens (tertiary/aromatic N) is 2. The van der Waals surface area contributed by atoms with Gasteiger partial charge in [0.25, 0.3) is 0 Å². The van der Waals surface area contributed by atoms with E-state index in [1.807, 2.05) is 86.0 Å². The number of carbonyl (C=O) groups excluding carboxylic acids is 1. The monoisotopic (exact) mass is 599 g/mol. The normalized spacial score (nSPS) is 10.3. The smallest absolute Gasteiger partial charge is 0.207 e. The number of rotatable bonds is 8. The highest BCUT2D eigenvalue weighted by Crippen LogP contribution is 2.22. The van der Waals surface area contributed by atoms with Crippen LogP contribution >= 0.6 is 0 Å². The van der Waals surface area contributed by atoms with Crippen LogP contribution < -0.4 is 10.2 Å². The Hall–Kier alpha value is -5.50. The number of pyridine rings is 1. The molecule has 45 heavy (non-hydrogen) atoms. The highest BCUT2D eigenvalue weighted by Gasteiger charge is 2.18. The van der Waals surface area contributed by atoms with Crippen molar-refractivity contribution in [1.82, 2.24) is 20.3 Å². The van der Waals surface area contributed by atoms with Crippen LogP contribution in [0.2, 0.25) is 0 Å². The van der Waals surface area contributed by atoms with Gasteiger partial charge in [-0.25, -0.2) is 0 Å². The Kier molecular flexibility index (Phi) is 11.8. The molecule has 1 amide bonds. The molecule has 230 valence electrons. The van der Waals surface area contributed by atoms with Crippen LogP contribution in [0.15, 0.2) is 110 Å². The van der Waals surface area contributed by atoms with Crippen LogP contribution in [0.5, 0.6) is 0 Å². The number of hydrogen-bond donors (Lipinski definition) is 5. The molecule has 0 saturated heterocycles. The van der Waals surface area contributed by atoms with Crippen LogP contribution in [0.25, 0.3) is 21.8 Å². The number of aromatic amines is 2. The number of hydrogen-bond acceptors (Lipinski definition) is 4. The Morgan fingerprint density at radius 1 is 0.822 bits per heavy atom. The Balaban J connectivity index is 0.000000217. The summed E-state index contributed by atoms with van der Waals surface area (Å²) in [6.07, 6.45) is 8.49. The van der Waals surface area contributed by atoms with Crippen LogP contribution in [0.1, 0.15) is 35.7 Å². The standard InChI is InChI=1S/C22H25N5O.C9H9N.C6H7N/c1-2-16-7-10-18(11-8-16)27(22(24)14-25-15-28)21(23)12-9-17-13-26-20-6-4-3-5-19(17)20;1-7-6-10-9-5-3-2-4-8(7)9;1-6-4-2-3-5-7-6/h3-8,10-11,13,15,23-24,26H,2,9,12,14H2,1H3,(H,25,28);2-6,10H,1H3;2-5H,1H3. The van der Waals surface area contributed by atoms with E-state index in [2.05, 4.69) is 58.4 Å². The molecule has 0 saturated carbocycles. The van der Waals surface area contributed by atoms with Crippen molar-refractivity contribution in [1.29, 1.82) is 10.8 Å². The maximum absolute atomic E-state index is 10.6. The predicted octanol–water partition coefficient (Wildman–Crippen LogP) is 7.74. The molecule has 0 aliphatic rings. The van der Waals surface area contributed by atoms with Crippen LogP contribution in [-0.4, -0.2) is 39.6 Å². The maximum atomic E-state index is 10.6. The van der Waals surface area contributed by atoms with Crippen molar-refractivity contribution in [2.24, 2.45) is 0 Å². The van der Waals surface area contributed by atoms with Gasteiger partial charge in [0.05, 0.1) is 6.54 Å². The number of aromatic nitrogens is 3. The van der Waals surface area contributed by atoms with Gasteiger partial charge in [-0.1, -0.05) is 61.5 Å². The molecular weight excluding hydrogens is 558 g/mol. The SMILES string of the molecule is CCc1ccc(N(C(=N)CCc2c[nH]c3ccccc23)C(=N)CNC=O)cc1.Cc1c[nH]c2ccccc12.Cc1ccccn1. The van der Waals surface area contributed by atoms with Gasteiger partial charge in [0, 0.05) is 58.2 Å². The lowest BCUT2D eigenvalue weighted by Gasteiger charge is -2.26. The number of benzene rings is 3. The minimum absolute atomic E-state index is 0.0779. The molecule has 8 heteroatoms. The second kappa shape index (κ2) is 16.4. The van der Waals surface area contributed by atoms with Crippen molar-refractivity contribution >= 4 is 45.6 Å². The van der Waals surface area contributed by atoms with E-state index in [4.69, 9.17) is 10.8 Å². The molecule has 6 rings (SSSR count). The van der Waals surface area contributed by atoms with Gasteiger partial charge >= 0.3 is 0 Å². The van der Waals surface area contributed by atoms with Crippen LogP contribution in [0, 0.1) is 24.7 Å². The predicted molar refractivity (Wildman–Crippen MR) is 186 cm³/mol. The molecule has 8 nitrogen and oxygen atoms in total. The fourth-order valence-electron chi connectivity index (χ4n) is 4.94. The number of fused-ring (bicyclic) bond motifs is 2. The van der Waals surface area contributed by atoms with E-state index < -0.39 is 0 Å². The molecule has 0 fully saturated rings. The van der Waals surface area contributed by atoms with Gasteiger partial charge in [0.1, 0.15) is 11.7 Å². The summed E-state index contributed by atoms with van der Waals surface area (Å²) in [5.74, 6) is 0.493. The zero-order chi connectivity index (χ0) is 32.0. The van der Waals surface area contributed by atoms with E-state index in [1.165, 1.54) is 22.0 Å². The summed E-state index contributed by atoms with van der Waals surface area (Å²) >= 11 is 0. The number of carbonyl (C=O) groups is 1. The van der Waals surface area contributed by atoms with Crippen molar-refractivity contribution in [2.75, 3.05) is 11.4 Å². The lowest BCUT2D eigenvalue weighted by molar-refractivity contribution is -0.109. The fourth-order valence-corrected chi connectivity index (χ4v) is 4.94. The molecule has 5 N–H and O–H groups in total. The number of para-hydroxylation sites is 2. The third-order valence-electron chi connectivity index (χ3n) is 7.41. The average Bonchev–Trinajstić information content (AvgIpc) is 3.67. The summed E-state index contributed by atoms with van der Waals surface area (Å²) < 4.78 is 0. The summed E-state index contributed by atoms with van der Waals surface area (Å²) in [5.41, 5.74) is 7.81. The van der Waals surface area contributed by atoms with Crippen LogP contribution in [0.3, 0.4) is 0 Å². The summed E-state index contributed by atoms with van der Waals surface area (Å²) in [7, 11) is 0. The number of aryl methyl sites for hydroxylation is 4. The molecule has 0 spiro atoms. The lowest BCUT2D eigenvalue weighted by atomic mass is 10.1. The number of amidine groups is 2. The van der Waals surface area contributed by atoms with E-state index in [-0.39, 0.29) is 12.4 Å². The summed E-state index contributed by atoms with van der Waals surface area (Å²) in [6.45, 7) is 6.25. The summed E-state index contributed by atoms with van der Waals surface area (Å²) in [4.78, 5) is 22.7. The Morgan fingerprint density at radius 3 is 2.07 bits per heavy atom. The molecule has 0 atom stereocenters. The van der Waals surface area contributed by atoms with Crippen molar-refractivity contribution in [3.05, 3.63) is 132 Å². The van der Waals surface area contributed by atoms with Gasteiger partial charge in [0.15, 0.2) is 0 Å². The summed E-state index contributed by atoms with van der Waals surface area (Å²) in [6, 6.07) is 30.1. The Morgan fingerprint density at radius 2 is 1.47 bits per heavy atom. The van der Waals surface area contributed by atoms with Gasteiger partial charge in [-0.05, 0) is 79.8 Å². The molecule has 6 aromatic rings. The maximum Gasteiger partial charge on any atom is 0.207 e. The Labute approximate surface area is 264 Å². The second-order valence-electron chi connectivity index (χ2n) is 10.6. The zero-order valence-electron chi connectivity index (χ0n) is 26.1. The van der Waals surface area contributed by atoms with Gasteiger partial charge < -0.3 is 15.3 Å². The zero-order valence-corrected chi connectivity index (χ0v) is 26.1. The first-order valence-corrected chi connectivity index (χ1v) is 15.1.